The molecular formula is C15H15N5O3. The van der Waals surface area contributed by atoms with Crippen LogP contribution in [0.4, 0.5) is 11.6 Å². The number of fused-ring (bicyclic) bond motifs is 1. The van der Waals surface area contributed by atoms with Crippen molar-refractivity contribution >= 4 is 29.2 Å². The highest BCUT2D eigenvalue weighted by molar-refractivity contribution is 5.99. The van der Waals surface area contributed by atoms with Gasteiger partial charge in [-0.25, -0.2) is 4.68 Å². The molecule has 8 heteroatoms. The molecule has 0 spiro atoms. The SMILES string of the molecule is CC(=O)c1ccc(NC(=O)C[C@H]2Cn3ncnc3NC2=O)cc1. The molecule has 0 aliphatic carbocycles. The van der Waals surface area contributed by atoms with E-state index in [4.69, 9.17) is 0 Å². The van der Waals surface area contributed by atoms with E-state index in [-0.39, 0.29) is 24.0 Å². The summed E-state index contributed by atoms with van der Waals surface area (Å²) in [6.07, 6.45) is 1.40. The second kappa shape index (κ2) is 5.99. The molecule has 3 rings (SSSR count). The topological polar surface area (TPSA) is 106 Å². The van der Waals surface area contributed by atoms with Crippen LogP contribution in [0.3, 0.4) is 0 Å². The van der Waals surface area contributed by atoms with Crippen LogP contribution in [0.2, 0.25) is 0 Å². The first-order chi connectivity index (χ1) is 11.0. The molecule has 0 saturated heterocycles. The second-order valence-corrected chi connectivity index (χ2v) is 5.34. The number of amides is 2. The Balaban J connectivity index is 1.61. The van der Waals surface area contributed by atoms with Crippen molar-refractivity contribution in [2.45, 2.75) is 19.9 Å². The number of ketones is 1. The minimum absolute atomic E-state index is 0.0367. The molecule has 1 atom stereocenters. The van der Waals surface area contributed by atoms with Gasteiger partial charge in [0.2, 0.25) is 17.8 Å². The maximum atomic E-state index is 12.1. The molecule has 0 unspecified atom stereocenters. The summed E-state index contributed by atoms with van der Waals surface area (Å²) in [5, 5.41) is 9.32. The molecule has 23 heavy (non-hydrogen) atoms. The first-order valence-corrected chi connectivity index (χ1v) is 7.12. The molecule has 1 aromatic carbocycles. The van der Waals surface area contributed by atoms with Crippen LogP contribution < -0.4 is 10.6 Å². The summed E-state index contributed by atoms with van der Waals surface area (Å²) in [5.74, 6) is -0.658. The molecule has 1 aliphatic heterocycles. The van der Waals surface area contributed by atoms with Crippen LogP contribution in [0.25, 0.3) is 0 Å². The Morgan fingerprint density at radius 2 is 2.09 bits per heavy atom. The molecule has 2 amide bonds. The van der Waals surface area contributed by atoms with Gasteiger partial charge in [0.25, 0.3) is 0 Å². The fraction of sp³-hybridized carbons (Fsp3) is 0.267. The Morgan fingerprint density at radius 3 is 2.78 bits per heavy atom. The molecule has 2 N–H and O–H groups in total. The highest BCUT2D eigenvalue weighted by atomic mass is 16.2. The van der Waals surface area contributed by atoms with Crippen LogP contribution in [0, 0.1) is 5.92 Å². The number of benzene rings is 1. The van der Waals surface area contributed by atoms with Gasteiger partial charge in [-0.15, -0.1) is 0 Å². The Morgan fingerprint density at radius 1 is 1.35 bits per heavy atom. The quantitative estimate of drug-likeness (QED) is 0.822. The molecule has 2 heterocycles. The highest BCUT2D eigenvalue weighted by Crippen LogP contribution is 2.19. The van der Waals surface area contributed by atoms with Crippen molar-refractivity contribution in [2.24, 2.45) is 5.92 Å². The largest absolute Gasteiger partial charge is 0.326 e. The van der Waals surface area contributed by atoms with Crippen molar-refractivity contribution in [3.05, 3.63) is 36.2 Å². The summed E-state index contributed by atoms with van der Waals surface area (Å²) in [5.41, 5.74) is 1.16. The number of nitrogens with one attached hydrogen (secondary N) is 2. The van der Waals surface area contributed by atoms with E-state index >= 15 is 0 Å². The first-order valence-electron chi connectivity index (χ1n) is 7.12. The molecule has 0 saturated carbocycles. The Hall–Kier alpha value is -3.03. The smallest absolute Gasteiger partial charge is 0.232 e. The molecule has 0 bridgehead atoms. The van der Waals surface area contributed by atoms with Crippen LogP contribution >= 0.6 is 0 Å². The third-order valence-electron chi connectivity index (χ3n) is 3.62. The molecule has 1 aliphatic rings. The van der Waals surface area contributed by atoms with Gasteiger partial charge in [-0.1, -0.05) is 0 Å². The average Bonchev–Trinajstić information content (AvgIpc) is 2.95. The molecule has 0 fully saturated rings. The third kappa shape index (κ3) is 3.25. The molecule has 2 aromatic rings. The number of Topliss-reactive ketones (excluding diaryl/α,β-unsaturated/α-hetero) is 1. The van der Waals surface area contributed by atoms with Crippen LogP contribution in [0.5, 0.6) is 0 Å². The van der Waals surface area contributed by atoms with Gasteiger partial charge in [-0.2, -0.15) is 10.1 Å². The number of nitrogens with zero attached hydrogens (tertiary/aromatic N) is 3. The lowest BCUT2D eigenvalue weighted by Gasteiger charge is -2.21. The van der Waals surface area contributed by atoms with Crippen molar-refractivity contribution < 1.29 is 14.4 Å². The monoisotopic (exact) mass is 313 g/mol. The van der Waals surface area contributed by atoms with E-state index in [1.165, 1.54) is 13.3 Å². The number of anilines is 2. The van der Waals surface area contributed by atoms with E-state index in [1.54, 1.807) is 28.9 Å². The minimum Gasteiger partial charge on any atom is -0.326 e. The number of hydrogen-bond donors (Lipinski definition) is 2. The summed E-state index contributed by atoms with van der Waals surface area (Å²) in [4.78, 5) is 39.2. The van der Waals surface area contributed by atoms with Gasteiger partial charge >= 0.3 is 0 Å². The van der Waals surface area contributed by atoms with Gasteiger partial charge < -0.3 is 5.32 Å². The van der Waals surface area contributed by atoms with E-state index in [1.807, 2.05) is 0 Å². The fourth-order valence-corrected chi connectivity index (χ4v) is 2.38. The summed E-state index contributed by atoms with van der Waals surface area (Å²) < 4.78 is 1.56. The van der Waals surface area contributed by atoms with E-state index in [0.29, 0.717) is 23.7 Å². The first kappa shape index (κ1) is 14.9. The molecule has 1 aromatic heterocycles. The maximum Gasteiger partial charge on any atom is 0.232 e. The zero-order chi connectivity index (χ0) is 16.4. The van der Waals surface area contributed by atoms with Crippen LogP contribution in [0.15, 0.2) is 30.6 Å². The standard InChI is InChI=1S/C15H15N5O3/c1-9(21)10-2-4-12(5-3-10)18-13(22)6-11-7-20-15(16-8-17-20)19-14(11)23/h2-5,8,11H,6-7H2,1H3,(H,18,22)(H,16,17,19,23)/t11-/m0/s1. The molecule has 118 valence electrons. The van der Waals surface area contributed by atoms with Crippen LogP contribution in [-0.4, -0.2) is 32.4 Å². The number of carbonyl (C=O) groups excluding carboxylic acids is 3. The van der Waals surface area contributed by atoms with E-state index in [2.05, 4.69) is 20.7 Å². The molecule has 8 nitrogen and oxygen atoms in total. The maximum absolute atomic E-state index is 12.1. The molecule has 0 radical (unpaired) electrons. The van der Waals surface area contributed by atoms with Crippen LogP contribution in [-0.2, 0) is 16.1 Å². The lowest BCUT2D eigenvalue weighted by molar-refractivity contribution is -0.125. The summed E-state index contributed by atoms with van der Waals surface area (Å²) in [7, 11) is 0. The Labute approximate surface area is 131 Å². The predicted molar refractivity (Wildman–Crippen MR) is 81.8 cm³/mol. The van der Waals surface area contributed by atoms with Gasteiger partial charge in [-0.05, 0) is 31.2 Å². The number of carbonyl (C=O) groups is 3. The molecular weight excluding hydrogens is 298 g/mol. The highest BCUT2D eigenvalue weighted by Gasteiger charge is 2.29. The summed E-state index contributed by atoms with van der Waals surface area (Å²) in [6.45, 7) is 1.80. The lowest BCUT2D eigenvalue weighted by Crippen LogP contribution is -2.36. The Bertz CT molecular complexity index is 766. The van der Waals surface area contributed by atoms with Crippen molar-refractivity contribution in [1.82, 2.24) is 14.8 Å². The predicted octanol–water partition coefficient (Wildman–Crippen LogP) is 1.08. The normalized spacial score (nSPS) is 16.4. The van der Waals surface area contributed by atoms with Gasteiger partial charge in [0.1, 0.15) is 6.33 Å². The second-order valence-electron chi connectivity index (χ2n) is 5.34. The third-order valence-corrected chi connectivity index (χ3v) is 3.62. The zero-order valence-corrected chi connectivity index (χ0v) is 12.4. The van der Waals surface area contributed by atoms with Gasteiger partial charge in [0.15, 0.2) is 5.78 Å². The fourth-order valence-electron chi connectivity index (χ4n) is 2.38. The zero-order valence-electron chi connectivity index (χ0n) is 12.4. The minimum atomic E-state index is -0.499. The lowest BCUT2D eigenvalue weighted by atomic mass is 10.0. The number of hydrogen-bond acceptors (Lipinski definition) is 5. The van der Waals surface area contributed by atoms with Gasteiger partial charge in [0, 0.05) is 17.7 Å². The summed E-state index contributed by atoms with van der Waals surface area (Å²) >= 11 is 0. The van der Waals surface area contributed by atoms with E-state index in [9.17, 15) is 14.4 Å². The van der Waals surface area contributed by atoms with Gasteiger partial charge in [-0.3, -0.25) is 19.7 Å². The van der Waals surface area contributed by atoms with Crippen LogP contribution in [0.1, 0.15) is 23.7 Å². The van der Waals surface area contributed by atoms with Crippen molar-refractivity contribution in [2.75, 3.05) is 10.6 Å². The van der Waals surface area contributed by atoms with Crippen molar-refractivity contribution in [3.63, 3.8) is 0 Å². The summed E-state index contributed by atoms with van der Waals surface area (Å²) in [6, 6.07) is 6.61. The number of rotatable bonds is 4. The average molecular weight is 313 g/mol. The van der Waals surface area contributed by atoms with Crippen molar-refractivity contribution in [1.29, 1.82) is 0 Å². The number of aromatic nitrogens is 3. The van der Waals surface area contributed by atoms with E-state index < -0.39 is 5.92 Å². The Kier molecular flexibility index (Phi) is 3.88. The van der Waals surface area contributed by atoms with Gasteiger partial charge in [0.05, 0.1) is 12.5 Å². The van der Waals surface area contributed by atoms with E-state index in [0.717, 1.165) is 0 Å². The van der Waals surface area contributed by atoms with Crippen molar-refractivity contribution in [3.8, 4) is 0 Å².